The van der Waals surface area contributed by atoms with E-state index in [9.17, 15) is 4.79 Å². The smallest absolute Gasteiger partial charge is 0.316 e. The highest BCUT2D eigenvalue weighted by molar-refractivity contribution is 6.30. The van der Waals surface area contributed by atoms with Crippen molar-refractivity contribution in [1.29, 1.82) is 0 Å². The van der Waals surface area contributed by atoms with Gasteiger partial charge in [0, 0.05) is 18.7 Å². The third-order valence-corrected chi connectivity index (χ3v) is 2.63. The number of rotatable bonds is 8. The van der Waals surface area contributed by atoms with Crippen molar-refractivity contribution >= 4 is 17.6 Å². The van der Waals surface area contributed by atoms with Crippen LogP contribution in [0.15, 0.2) is 24.3 Å². The number of hydrogen-bond donors (Lipinski definition) is 2. The van der Waals surface area contributed by atoms with Crippen molar-refractivity contribution < 1.29 is 14.3 Å². The van der Waals surface area contributed by atoms with Crippen LogP contribution in [-0.2, 0) is 15.9 Å². The number of urea groups is 1. The minimum absolute atomic E-state index is 0.177. The van der Waals surface area contributed by atoms with Gasteiger partial charge in [-0.25, -0.2) is 4.79 Å². The fourth-order valence-corrected chi connectivity index (χ4v) is 1.49. The molecular formula is C13H19ClN2O3. The molecule has 0 aliphatic rings. The monoisotopic (exact) mass is 286 g/mol. The number of methoxy groups -OCH3 is 1. The summed E-state index contributed by atoms with van der Waals surface area (Å²) in [5, 5.41) is 6.04. The third-order valence-electron chi connectivity index (χ3n) is 2.38. The molecule has 0 aliphatic carbocycles. The van der Waals surface area contributed by atoms with Gasteiger partial charge in [0.1, 0.15) is 6.73 Å². The van der Waals surface area contributed by atoms with Crippen LogP contribution in [0.3, 0.4) is 0 Å². The summed E-state index contributed by atoms with van der Waals surface area (Å²) in [6.07, 6.45) is 0.759. The lowest BCUT2D eigenvalue weighted by Gasteiger charge is -2.08. The van der Waals surface area contributed by atoms with E-state index in [-0.39, 0.29) is 12.8 Å². The van der Waals surface area contributed by atoms with Crippen molar-refractivity contribution in [2.75, 3.05) is 33.6 Å². The van der Waals surface area contributed by atoms with Crippen LogP contribution in [0.1, 0.15) is 5.56 Å². The number of ether oxygens (including phenoxy) is 2. The van der Waals surface area contributed by atoms with E-state index in [1.54, 1.807) is 7.11 Å². The van der Waals surface area contributed by atoms with Crippen LogP contribution in [0.25, 0.3) is 0 Å². The van der Waals surface area contributed by atoms with Crippen molar-refractivity contribution in [3.63, 3.8) is 0 Å². The highest BCUT2D eigenvalue weighted by Crippen LogP contribution is 2.09. The van der Waals surface area contributed by atoms with Crippen LogP contribution in [0, 0.1) is 0 Å². The molecule has 0 fully saturated rings. The molecule has 1 aromatic rings. The molecule has 0 aliphatic heterocycles. The summed E-state index contributed by atoms with van der Waals surface area (Å²) in [5.41, 5.74) is 1.13. The minimum atomic E-state index is -0.244. The third kappa shape index (κ3) is 7.66. The summed E-state index contributed by atoms with van der Waals surface area (Å²) in [7, 11) is 1.60. The molecule has 0 heterocycles. The fraction of sp³-hybridized carbons (Fsp3) is 0.462. The summed E-state index contributed by atoms with van der Waals surface area (Å²) < 4.78 is 9.92. The fourth-order valence-electron chi connectivity index (χ4n) is 1.36. The standard InChI is InChI=1S/C13H19ClN2O3/c1-18-8-9-19-10-16-13(17)15-7-6-11-2-4-12(14)5-3-11/h2-5H,6-10H2,1H3,(H2,15,16,17). The first-order chi connectivity index (χ1) is 9.22. The van der Waals surface area contributed by atoms with Gasteiger partial charge in [-0.2, -0.15) is 0 Å². The average Bonchev–Trinajstić information content (AvgIpc) is 2.41. The van der Waals surface area contributed by atoms with E-state index < -0.39 is 0 Å². The summed E-state index contributed by atoms with van der Waals surface area (Å²) in [5.74, 6) is 0. The van der Waals surface area contributed by atoms with Gasteiger partial charge < -0.3 is 20.1 Å². The van der Waals surface area contributed by atoms with Gasteiger partial charge in [0.05, 0.1) is 13.2 Å². The van der Waals surface area contributed by atoms with Gasteiger partial charge in [0.15, 0.2) is 0 Å². The molecule has 0 aromatic heterocycles. The van der Waals surface area contributed by atoms with E-state index in [0.717, 1.165) is 12.0 Å². The summed E-state index contributed by atoms with van der Waals surface area (Å²) in [6, 6.07) is 7.30. The van der Waals surface area contributed by atoms with E-state index in [1.165, 1.54) is 0 Å². The Morgan fingerprint density at radius 3 is 2.63 bits per heavy atom. The molecule has 0 saturated heterocycles. The second-order valence-corrected chi connectivity index (χ2v) is 4.29. The Kier molecular flexibility index (Phi) is 7.97. The first-order valence-electron chi connectivity index (χ1n) is 6.05. The minimum Gasteiger partial charge on any atom is -0.382 e. The topological polar surface area (TPSA) is 59.6 Å². The molecule has 0 radical (unpaired) electrons. The molecule has 0 bridgehead atoms. The molecule has 0 saturated carbocycles. The van der Waals surface area contributed by atoms with Gasteiger partial charge in [-0.3, -0.25) is 0 Å². The molecule has 1 aromatic carbocycles. The lowest BCUT2D eigenvalue weighted by Crippen LogP contribution is -2.38. The molecule has 106 valence electrons. The van der Waals surface area contributed by atoms with E-state index >= 15 is 0 Å². The second-order valence-electron chi connectivity index (χ2n) is 3.85. The lowest BCUT2D eigenvalue weighted by atomic mass is 10.1. The Bertz CT molecular complexity index is 371. The zero-order valence-corrected chi connectivity index (χ0v) is 11.7. The Morgan fingerprint density at radius 1 is 1.21 bits per heavy atom. The maximum Gasteiger partial charge on any atom is 0.316 e. The van der Waals surface area contributed by atoms with Crippen molar-refractivity contribution in [1.82, 2.24) is 10.6 Å². The van der Waals surface area contributed by atoms with Gasteiger partial charge in [0.2, 0.25) is 0 Å². The zero-order valence-electron chi connectivity index (χ0n) is 10.9. The van der Waals surface area contributed by atoms with Crippen molar-refractivity contribution in [3.8, 4) is 0 Å². The largest absolute Gasteiger partial charge is 0.382 e. The van der Waals surface area contributed by atoms with Gasteiger partial charge in [0.25, 0.3) is 0 Å². The van der Waals surface area contributed by atoms with Crippen molar-refractivity contribution in [3.05, 3.63) is 34.9 Å². The number of halogens is 1. The van der Waals surface area contributed by atoms with Crippen LogP contribution < -0.4 is 10.6 Å². The molecule has 0 unspecified atom stereocenters. The summed E-state index contributed by atoms with van der Waals surface area (Å²) in [6.45, 7) is 1.71. The highest BCUT2D eigenvalue weighted by Gasteiger charge is 1.99. The number of benzene rings is 1. The van der Waals surface area contributed by atoms with E-state index in [1.807, 2.05) is 24.3 Å². The normalized spacial score (nSPS) is 10.2. The van der Waals surface area contributed by atoms with Gasteiger partial charge in [-0.05, 0) is 24.1 Å². The first kappa shape index (κ1) is 15.8. The molecule has 2 amide bonds. The SMILES string of the molecule is COCCOCNC(=O)NCCc1ccc(Cl)cc1. The van der Waals surface area contributed by atoms with Gasteiger partial charge in [-0.15, -0.1) is 0 Å². The quantitative estimate of drug-likeness (QED) is 0.566. The maximum atomic E-state index is 11.4. The van der Waals surface area contributed by atoms with E-state index in [2.05, 4.69) is 10.6 Å². The number of nitrogens with one attached hydrogen (secondary N) is 2. The number of carbonyl (C=O) groups excluding carboxylic acids is 1. The van der Waals surface area contributed by atoms with Gasteiger partial charge >= 0.3 is 6.03 Å². The predicted molar refractivity (Wildman–Crippen MR) is 74.4 cm³/mol. The van der Waals surface area contributed by atoms with Crippen LogP contribution in [-0.4, -0.2) is 39.6 Å². The molecule has 0 spiro atoms. The highest BCUT2D eigenvalue weighted by atomic mass is 35.5. The van der Waals surface area contributed by atoms with Crippen LogP contribution in [0.2, 0.25) is 5.02 Å². The van der Waals surface area contributed by atoms with Crippen LogP contribution >= 0.6 is 11.6 Å². The Labute approximate surface area is 118 Å². The number of amides is 2. The molecule has 1 rings (SSSR count). The molecular weight excluding hydrogens is 268 g/mol. The van der Waals surface area contributed by atoms with Gasteiger partial charge in [-0.1, -0.05) is 23.7 Å². The molecule has 6 heteroatoms. The molecule has 2 N–H and O–H groups in total. The first-order valence-corrected chi connectivity index (χ1v) is 6.43. The van der Waals surface area contributed by atoms with Crippen molar-refractivity contribution in [2.24, 2.45) is 0 Å². The number of carbonyl (C=O) groups is 1. The average molecular weight is 287 g/mol. The van der Waals surface area contributed by atoms with E-state index in [4.69, 9.17) is 21.1 Å². The number of hydrogen-bond acceptors (Lipinski definition) is 3. The maximum absolute atomic E-state index is 11.4. The van der Waals surface area contributed by atoms with E-state index in [0.29, 0.717) is 24.8 Å². The lowest BCUT2D eigenvalue weighted by molar-refractivity contribution is 0.0643. The summed E-state index contributed by atoms with van der Waals surface area (Å²) in [4.78, 5) is 11.4. The predicted octanol–water partition coefficient (Wildman–Crippen LogP) is 1.80. The molecule has 19 heavy (non-hydrogen) atoms. The summed E-state index contributed by atoms with van der Waals surface area (Å²) >= 11 is 5.79. The van der Waals surface area contributed by atoms with Crippen molar-refractivity contribution in [2.45, 2.75) is 6.42 Å². The Hall–Kier alpha value is -1.30. The van der Waals surface area contributed by atoms with Crippen LogP contribution in [0.4, 0.5) is 4.79 Å². The molecule has 0 atom stereocenters. The Balaban J connectivity index is 2.05. The second kappa shape index (κ2) is 9.61. The van der Waals surface area contributed by atoms with Crippen LogP contribution in [0.5, 0.6) is 0 Å². The molecule has 5 nitrogen and oxygen atoms in total. The Morgan fingerprint density at radius 2 is 1.95 bits per heavy atom. The zero-order chi connectivity index (χ0) is 13.9.